The molecule has 1 aromatic heterocycles. The van der Waals surface area contributed by atoms with Gasteiger partial charge in [-0.1, -0.05) is 31.4 Å². The highest BCUT2D eigenvalue weighted by Crippen LogP contribution is 2.47. The van der Waals surface area contributed by atoms with Crippen LogP contribution in [0.1, 0.15) is 70.2 Å². The highest BCUT2D eigenvalue weighted by molar-refractivity contribution is 5.94. The molecule has 43 heavy (non-hydrogen) atoms. The molecule has 0 spiro atoms. The van der Waals surface area contributed by atoms with Crippen molar-refractivity contribution in [3.05, 3.63) is 105 Å². The van der Waals surface area contributed by atoms with E-state index >= 15 is 0 Å². The Labute approximate surface area is 252 Å². The molecule has 1 saturated heterocycles. The number of likely N-dealkylation sites (tertiary alicyclic amines) is 1. The Morgan fingerprint density at radius 3 is 2.42 bits per heavy atom. The van der Waals surface area contributed by atoms with Gasteiger partial charge in [0.2, 0.25) is 0 Å². The first kappa shape index (κ1) is 29.9. The van der Waals surface area contributed by atoms with Crippen molar-refractivity contribution >= 4 is 11.6 Å². The van der Waals surface area contributed by atoms with E-state index in [1.807, 2.05) is 25.2 Å². The summed E-state index contributed by atoms with van der Waals surface area (Å²) < 4.78 is 0. The fourth-order valence-electron chi connectivity index (χ4n) is 6.71. The van der Waals surface area contributed by atoms with Crippen molar-refractivity contribution in [2.45, 2.75) is 56.5 Å². The molecule has 224 valence electrons. The van der Waals surface area contributed by atoms with Crippen molar-refractivity contribution in [3.63, 3.8) is 0 Å². The molecule has 10 nitrogen and oxygen atoms in total. The normalized spacial score (nSPS) is 19.9. The lowest BCUT2D eigenvalue weighted by Gasteiger charge is -2.37. The van der Waals surface area contributed by atoms with Crippen molar-refractivity contribution in [2.24, 2.45) is 0 Å². The molecule has 1 fully saturated rings. The van der Waals surface area contributed by atoms with Gasteiger partial charge in [0.25, 0.3) is 5.91 Å². The summed E-state index contributed by atoms with van der Waals surface area (Å²) in [7, 11) is 3.48. The first-order valence-electron chi connectivity index (χ1n) is 14.8. The van der Waals surface area contributed by atoms with Crippen LogP contribution in [0.15, 0.2) is 60.0 Å². The minimum Gasteiger partial charge on any atom is -0.388 e. The Morgan fingerprint density at radius 2 is 1.81 bits per heavy atom. The van der Waals surface area contributed by atoms with Crippen LogP contribution in [0, 0.1) is 11.3 Å². The Morgan fingerprint density at radius 1 is 1.14 bits per heavy atom. The zero-order valence-electron chi connectivity index (χ0n) is 25.1. The van der Waals surface area contributed by atoms with Gasteiger partial charge in [0.15, 0.2) is 0 Å². The standard InChI is InChI=1S/C33H40N8O2/c1-20(37-19-21(2)41-14-6-7-27(41)18-34)17-33(31-38-32(43)40-39-31)28-12-10-23(22(3)35-4)15-24(28)8-9-25-16-26(30(42)36-5)11-13-29(25)33/h10-13,15-16,20,27,35,37H,2-3,6-9,14,17,19H2,1,4-5H3,(H,36,42)(H2,38,39,40,43)/t20-,27?,33?/m1/s1. The maximum atomic E-state index is 12.6. The van der Waals surface area contributed by atoms with Crippen molar-refractivity contribution < 1.29 is 4.79 Å². The van der Waals surface area contributed by atoms with Gasteiger partial charge in [0.05, 0.1) is 11.5 Å². The molecule has 2 heterocycles. The molecule has 1 amide bonds. The number of aromatic nitrogens is 3. The van der Waals surface area contributed by atoms with E-state index in [-0.39, 0.29) is 23.7 Å². The molecular formula is C33H40N8O2. The average Bonchev–Trinajstić information content (AvgIpc) is 3.67. The molecule has 0 saturated carbocycles. The smallest absolute Gasteiger partial charge is 0.340 e. The third kappa shape index (κ3) is 5.60. The molecule has 3 atom stereocenters. The fourth-order valence-corrected chi connectivity index (χ4v) is 6.71. The van der Waals surface area contributed by atoms with Crippen LogP contribution >= 0.6 is 0 Å². The first-order chi connectivity index (χ1) is 20.7. The zero-order valence-corrected chi connectivity index (χ0v) is 25.1. The van der Waals surface area contributed by atoms with E-state index in [1.54, 1.807) is 7.05 Å². The number of nitrogens with one attached hydrogen (secondary N) is 5. The van der Waals surface area contributed by atoms with Crippen LogP contribution in [0.3, 0.4) is 0 Å². The molecule has 2 aliphatic rings. The molecule has 5 N–H and O–H groups in total. The van der Waals surface area contributed by atoms with Gasteiger partial charge in [-0.3, -0.25) is 9.78 Å². The third-order valence-corrected chi connectivity index (χ3v) is 8.91. The van der Waals surface area contributed by atoms with Crippen LogP contribution in [-0.2, 0) is 18.3 Å². The number of benzene rings is 2. The molecule has 0 radical (unpaired) electrons. The van der Waals surface area contributed by atoms with E-state index in [1.165, 1.54) is 0 Å². The number of carbonyl (C=O) groups excluding carboxylic acids is 1. The van der Waals surface area contributed by atoms with E-state index < -0.39 is 5.41 Å². The van der Waals surface area contributed by atoms with E-state index in [9.17, 15) is 14.9 Å². The van der Waals surface area contributed by atoms with Gasteiger partial charge in [0.1, 0.15) is 11.9 Å². The molecule has 0 bridgehead atoms. The van der Waals surface area contributed by atoms with Crippen LogP contribution in [0.25, 0.3) is 5.70 Å². The molecule has 3 aromatic rings. The summed E-state index contributed by atoms with van der Waals surface area (Å²) >= 11 is 0. The van der Waals surface area contributed by atoms with Crippen molar-refractivity contribution in [2.75, 3.05) is 27.2 Å². The Hall–Kier alpha value is -4.62. The second-order valence-electron chi connectivity index (χ2n) is 11.5. The predicted molar refractivity (Wildman–Crippen MR) is 167 cm³/mol. The van der Waals surface area contributed by atoms with Gasteiger partial charge in [-0.25, -0.2) is 9.89 Å². The number of H-pyrrole nitrogens is 2. The number of aryl methyl sites for hydroxylation is 2. The van der Waals surface area contributed by atoms with Gasteiger partial charge in [0, 0.05) is 50.2 Å². The van der Waals surface area contributed by atoms with Gasteiger partial charge in [-0.2, -0.15) is 10.4 Å². The third-order valence-electron chi connectivity index (χ3n) is 8.91. The Bertz CT molecular complexity index is 1580. The van der Waals surface area contributed by atoms with E-state index in [0.29, 0.717) is 30.8 Å². The van der Waals surface area contributed by atoms with Crippen LogP contribution in [0.5, 0.6) is 0 Å². The number of hydrogen-bond acceptors (Lipinski definition) is 7. The molecule has 5 rings (SSSR count). The zero-order chi connectivity index (χ0) is 30.7. The summed E-state index contributed by atoms with van der Waals surface area (Å²) in [5.41, 5.74) is 6.27. The number of fused-ring (bicyclic) bond motifs is 2. The number of amides is 1. The van der Waals surface area contributed by atoms with E-state index in [2.05, 4.69) is 80.4 Å². The van der Waals surface area contributed by atoms with Gasteiger partial charge in [-0.15, -0.1) is 0 Å². The second kappa shape index (κ2) is 12.3. The molecule has 1 aliphatic carbocycles. The molecule has 2 unspecified atom stereocenters. The topological polar surface area (TPSA) is 142 Å². The summed E-state index contributed by atoms with van der Waals surface area (Å²) in [5.74, 6) is 0.369. The van der Waals surface area contributed by atoms with Crippen molar-refractivity contribution in [1.82, 2.24) is 36.0 Å². The molecular weight excluding hydrogens is 540 g/mol. The monoisotopic (exact) mass is 580 g/mol. The largest absolute Gasteiger partial charge is 0.388 e. The number of carbonyl (C=O) groups is 1. The molecule has 2 aromatic carbocycles. The molecule has 1 aliphatic heterocycles. The maximum absolute atomic E-state index is 12.6. The summed E-state index contributed by atoms with van der Waals surface area (Å²) in [4.78, 5) is 30.3. The maximum Gasteiger partial charge on any atom is 0.340 e. The van der Waals surface area contributed by atoms with Gasteiger partial charge in [-0.05, 0) is 85.0 Å². The highest BCUT2D eigenvalue weighted by Gasteiger charge is 2.45. The highest BCUT2D eigenvalue weighted by atomic mass is 16.2. The first-order valence-corrected chi connectivity index (χ1v) is 14.8. The SMILES string of the molecule is C=C(NC)c1ccc2c(c1)CCc1cc(C(=O)NC)ccc1C2(C[C@@H](C)NCC(=C)N1CCCC1C#N)c1n[nH]c(=O)[nH]1. The van der Waals surface area contributed by atoms with Crippen LogP contribution < -0.4 is 21.6 Å². The minimum atomic E-state index is -0.836. The van der Waals surface area contributed by atoms with Crippen LogP contribution in [0.2, 0.25) is 0 Å². The number of rotatable bonds is 10. The number of aromatic amines is 2. The summed E-state index contributed by atoms with van der Waals surface area (Å²) in [6.45, 7) is 11.9. The Kier molecular flexibility index (Phi) is 8.55. The number of hydrogen-bond donors (Lipinski definition) is 5. The van der Waals surface area contributed by atoms with Crippen molar-refractivity contribution in [1.29, 1.82) is 5.26 Å². The quantitative estimate of drug-likeness (QED) is 0.248. The van der Waals surface area contributed by atoms with Gasteiger partial charge >= 0.3 is 5.69 Å². The van der Waals surface area contributed by atoms with Crippen molar-refractivity contribution in [3.8, 4) is 6.07 Å². The summed E-state index contributed by atoms with van der Waals surface area (Å²) in [6.07, 6.45) is 3.85. The summed E-state index contributed by atoms with van der Waals surface area (Å²) in [6, 6.07) is 14.4. The van der Waals surface area contributed by atoms with E-state index in [4.69, 9.17) is 0 Å². The lowest BCUT2D eigenvalue weighted by atomic mass is 9.67. The minimum absolute atomic E-state index is 0.0514. The number of nitrogens with zero attached hydrogens (tertiary/aromatic N) is 3. The second-order valence-corrected chi connectivity index (χ2v) is 11.5. The average molecular weight is 581 g/mol. The van der Waals surface area contributed by atoms with Crippen LogP contribution in [0.4, 0.5) is 0 Å². The summed E-state index contributed by atoms with van der Waals surface area (Å²) in [5, 5.41) is 26.2. The van der Waals surface area contributed by atoms with Crippen LogP contribution in [-0.4, -0.2) is 65.3 Å². The van der Waals surface area contributed by atoms with E-state index in [0.717, 1.165) is 65.0 Å². The lowest BCUT2D eigenvalue weighted by Crippen LogP contribution is -2.42. The fraction of sp³-hybridized carbons (Fsp3) is 0.394. The lowest BCUT2D eigenvalue weighted by molar-refractivity contribution is 0.0963. The van der Waals surface area contributed by atoms with Gasteiger partial charge < -0.3 is 20.9 Å². The predicted octanol–water partition coefficient (Wildman–Crippen LogP) is 2.95. The Balaban J connectivity index is 1.62. The number of nitriles is 1. The molecule has 10 heteroatoms.